The summed E-state index contributed by atoms with van der Waals surface area (Å²) in [6, 6.07) is 3.93. The van der Waals surface area contributed by atoms with Crippen molar-refractivity contribution in [3.05, 3.63) is 30.1 Å². The monoisotopic (exact) mass is 185 g/mol. The topological polar surface area (TPSA) is 40.7 Å². The Kier molecular flexibility index (Phi) is 2.48. The molecule has 0 spiro atoms. The minimum absolute atomic E-state index is 0.701. The van der Waals surface area contributed by atoms with Gasteiger partial charge in [0.05, 0.1) is 12.1 Å². The fraction of sp³-hybridized carbons (Fsp3) is 0.182. The zero-order valence-corrected chi connectivity index (χ0v) is 7.96. The lowest BCUT2D eigenvalue weighted by Crippen LogP contribution is -2.04. The number of hydrogen-bond donors (Lipinski definition) is 2. The van der Waals surface area contributed by atoms with Crippen molar-refractivity contribution in [3.63, 3.8) is 0 Å². The second kappa shape index (κ2) is 3.95. The molecule has 0 aliphatic carbocycles. The van der Waals surface area contributed by atoms with Crippen molar-refractivity contribution < 1.29 is 0 Å². The van der Waals surface area contributed by atoms with E-state index in [-0.39, 0.29) is 0 Å². The molecule has 2 heterocycles. The van der Waals surface area contributed by atoms with Crippen LogP contribution in [0.3, 0.4) is 0 Å². The fourth-order valence-electron chi connectivity index (χ4n) is 1.29. The minimum atomic E-state index is 0.701. The van der Waals surface area contributed by atoms with Crippen LogP contribution in [0.15, 0.2) is 24.5 Å². The summed E-state index contributed by atoms with van der Waals surface area (Å²) in [5.74, 6) is 6.11. The predicted octanol–water partition coefficient (Wildman–Crippen LogP) is 1.13. The summed E-state index contributed by atoms with van der Waals surface area (Å²) in [4.78, 5) is 7.27. The van der Waals surface area contributed by atoms with Crippen molar-refractivity contribution in [2.45, 2.75) is 0 Å². The van der Waals surface area contributed by atoms with E-state index in [9.17, 15) is 0 Å². The first kappa shape index (κ1) is 8.79. The molecule has 0 aliphatic rings. The first-order valence-electron chi connectivity index (χ1n) is 4.47. The lowest BCUT2D eigenvalue weighted by Gasteiger charge is -1.87. The first-order valence-corrected chi connectivity index (χ1v) is 4.47. The number of nitrogens with one attached hydrogen (secondary N) is 2. The normalized spacial score (nSPS) is 9.79. The average molecular weight is 185 g/mol. The molecule has 0 amide bonds. The average Bonchev–Trinajstić information content (AvgIpc) is 2.63. The van der Waals surface area contributed by atoms with E-state index < -0.39 is 0 Å². The molecule has 2 N–H and O–H groups in total. The number of aromatic nitrogens is 2. The van der Waals surface area contributed by atoms with E-state index in [4.69, 9.17) is 0 Å². The molecule has 0 aromatic carbocycles. The third kappa shape index (κ3) is 1.61. The first-order chi connectivity index (χ1) is 6.92. The van der Waals surface area contributed by atoms with Crippen LogP contribution in [0.1, 0.15) is 5.56 Å². The summed E-state index contributed by atoms with van der Waals surface area (Å²) in [6.45, 7) is 0.701. The Morgan fingerprint density at radius 3 is 3.36 bits per heavy atom. The molecular formula is C11H11N3. The van der Waals surface area contributed by atoms with E-state index in [0.717, 1.165) is 16.6 Å². The van der Waals surface area contributed by atoms with Gasteiger partial charge in [0.1, 0.15) is 5.65 Å². The zero-order valence-electron chi connectivity index (χ0n) is 7.96. The second-order valence-electron chi connectivity index (χ2n) is 2.93. The SMILES string of the molecule is CNCC#Cc1c[nH]c2ncccc12. The molecular weight excluding hydrogens is 174 g/mol. The molecule has 0 aliphatic heterocycles. The van der Waals surface area contributed by atoms with Crippen LogP contribution in [0, 0.1) is 11.8 Å². The summed E-state index contributed by atoms with van der Waals surface area (Å²) < 4.78 is 0. The number of aromatic amines is 1. The van der Waals surface area contributed by atoms with Crippen molar-refractivity contribution in [2.24, 2.45) is 0 Å². The summed E-state index contributed by atoms with van der Waals surface area (Å²) in [7, 11) is 1.88. The lowest BCUT2D eigenvalue weighted by molar-refractivity contribution is 0.938. The van der Waals surface area contributed by atoms with Gasteiger partial charge in [0.25, 0.3) is 0 Å². The Balaban J connectivity index is 2.40. The van der Waals surface area contributed by atoms with Gasteiger partial charge in [-0.1, -0.05) is 11.8 Å². The van der Waals surface area contributed by atoms with Gasteiger partial charge in [-0.05, 0) is 19.2 Å². The van der Waals surface area contributed by atoms with E-state index in [2.05, 4.69) is 27.1 Å². The van der Waals surface area contributed by atoms with Crippen LogP contribution >= 0.6 is 0 Å². The smallest absolute Gasteiger partial charge is 0.138 e. The standard InChI is InChI=1S/C11H11N3/c1-12-6-2-4-9-8-14-11-10(9)5-3-7-13-11/h3,5,7-8,12H,6H2,1H3,(H,13,14). The molecule has 2 aromatic rings. The highest BCUT2D eigenvalue weighted by atomic mass is 14.8. The van der Waals surface area contributed by atoms with E-state index in [0.29, 0.717) is 6.54 Å². The predicted molar refractivity (Wildman–Crippen MR) is 56.9 cm³/mol. The van der Waals surface area contributed by atoms with Crippen LogP contribution in [0.4, 0.5) is 0 Å². The van der Waals surface area contributed by atoms with Crippen LogP contribution in [-0.2, 0) is 0 Å². The minimum Gasteiger partial charge on any atom is -0.345 e. The Hall–Kier alpha value is -1.79. The number of H-pyrrole nitrogens is 1. The molecule has 0 fully saturated rings. The van der Waals surface area contributed by atoms with Gasteiger partial charge in [0, 0.05) is 17.8 Å². The molecule has 0 radical (unpaired) electrons. The number of pyridine rings is 1. The van der Waals surface area contributed by atoms with E-state index in [1.807, 2.05) is 25.4 Å². The molecule has 3 nitrogen and oxygen atoms in total. The summed E-state index contributed by atoms with van der Waals surface area (Å²) >= 11 is 0. The second-order valence-corrected chi connectivity index (χ2v) is 2.93. The molecule has 2 aromatic heterocycles. The van der Waals surface area contributed by atoms with Gasteiger partial charge in [-0.15, -0.1) is 0 Å². The molecule has 70 valence electrons. The van der Waals surface area contributed by atoms with E-state index >= 15 is 0 Å². The van der Waals surface area contributed by atoms with Crippen LogP contribution in [-0.4, -0.2) is 23.6 Å². The highest BCUT2D eigenvalue weighted by molar-refractivity contribution is 5.82. The molecule has 14 heavy (non-hydrogen) atoms. The van der Waals surface area contributed by atoms with Crippen LogP contribution in [0.2, 0.25) is 0 Å². The Morgan fingerprint density at radius 1 is 1.57 bits per heavy atom. The van der Waals surface area contributed by atoms with Gasteiger partial charge in [0.2, 0.25) is 0 Å². The quantitative estimate of drug-likeness (QED) is 0.654. The number of fused-ring (bicyclic) bond motifs is 1. The third-order valence-corrected chi connectivity index (χ3v) is 1.94. The van der Waals surface area contributed by atoms with Gasteiger partial charge in [-0.25, -0.2) is 4.98 Å². The van der Waals surface area contributed by atoms with Gasteiger partial charge >= 0.3 is 0 Å². The zero-order chi connectivity index (χ0) is 9.80. The highest BCUT2D eigenvalue weighted by Crippen LogP contribution is 2.13. The molecule has 2 rings (SSSR count). The van der Waals surface area contributed by atoms with Crippen LogP contribution in [0.5, 0.6) is 0 Å². The highest BCUT2D eigenvalue weighted by Gasteiger charge is 1.99. The number of nitrogens with zero attached hydrogens (tertiary/aromatic N) is 1. The van der Waals surface area contributed by atoms with Crippen molar-refractivity contribution in [3.8, 4) is 11.8 Å². The van der Waals surface area contributed by atoms with Crippen molar-refractivity contribution in [1.82, 2.24) is 15.3 Å². The van der Waals surface area contributed by atoms with Gasteiger partial charge in [-0.2, -0.15) is 0 Å². The van der Waals surface area contributed by atoms with Gasteiger partial charge in [-0.3, -0.25) is 0 Å². The third-order valence-electron chi connectivity index (χ3n) is 1.94. The molecule has 0 unspecified atom stereocenters. The molecule has 0 bridgehead atoms. The Morgan fingerprint density at radius 2 is 2.50 bits per heavy atom. The van der Waals surface area contributed by atoms with Crippen molar-refractivity contribution in [2.75, 3.05) is 13.6 Å². The number of hydrogen-bond acceptors (Lipinski definition) is 2. The largest absolute Gasteiger partial charge is 0.345 e. The van der Waals surface area contributed by atoms with E-state index in [1.165, 1.54) is 0 Å². The van der Waals surface area contributed by atoms with Gasteiger partial charge < -0.3 is 10.3 Å². The molecule has 0 saturated heterocycles. The van der Waals surface area contributed by atoms with Crippen molar-refractivity contribution >= 4 is 11.0 Å². The fourth-order valence-corrected chi connectivity index (χ4v) is 1.29. The maximum atomic E-state index is 4.19. The Labute approximate surface area is 82.6 Å². The molecule has 0 atom stereocenters. The Bertz CT molecular complexity index is 488. The summed E-state index contributed by atoms with van der Waals surface area (Å²) in [5, 5.41) is 4.06. The summed E-state index contributed by atoms with van der Waals surface area (Å²) in [5.41, 5.74) is 1.89. The molecule has 0 saturated carbocycles. The maximum absolute atomic E-state index is 4.19. The van der Waals surface area contributed by atoms with Crippen LogP contribution in [0.25, 0.3) is 11.0 Å². The van der Waals surface area contributed by atoms with E-state index in [1.54, 1.807) is 6.20 Å². The van der Waals surface area contributed by atoms with Gasteiger partial charge in [0.15, 0.2) is 0 Å². The molecule has 3 heteroatoms. The lowest BCUT2D eigenvalue weighted by atomic mass is 10.2. The maximum Gasteiger partial charge on any atom is 0.138 e. The van der Waals surface area contributed by atoms with Crippen LogP contribution < -0.4 is 5.32 Å². The van der Waals surface area contributed by atoms with Crippen molar-refractivity contribution in [1.29, 1.82) is 0 Å². The number of rotatable bonds is 1. The summed E-state index contributed by atoms with van der Waals surface area (Å²) in [6.07, 6.45) is 3.66.